The van der Waals surface area contributed by atoms with Gasteiger partial charge in [-0.15, -0.1) is 0 Å². The fourth-order valence-corrected chi connectivity index (χ4v) is 2.21. The third kappa shape index (κ3) is 2.43. The molecule has 1 unspecified atom stereocenters. The molecule has 0 saturated heterocycles. The molecule has 1 heterocycles. The molecule has 0 aliphatic carbocycles. The zero-order valence-corrected chi connectivity index (χ0v) is 9.74. The van der Waals surface area contributed by atoms with Crippen LogP contribution >= 0.6 is 0 Å². The lowest BCUT2D eigenvalue weighted by Crippen LogP contribution is -2.05. The Morgan fingerprint density at radius 3 is 3.00 bits per heavy atom. The number of hydrogen-bond donors (Lipinski definition) is 0. The van der Waals surface area contributed by atoms with E-state index in [-0.39, 0.29) is 0 Å². The first-order valence-electron chi connectivity index (χ1n) is 6.04. The number of fused-ring (bicyclic) bond motifs is 1. The van der Waals surface area contributed by atoms with Gasteiger partial charge < -0.3 is 4.74 Å². The largest absolute Gasteiger partial charge is 0.493 e. The maximum atomic E-state index is 11.5. The van der Waals surface area contributed by atoms with Crippen molar-refractivity contribution in [1.29, 1.82) is 0 Å². The highest BCUT2D eigenvalue weighted by Gasteiger charge is 2.23. The van der Waals surface area contributed by atoms with E-state index in [1.54, 1.807) is 0 Å². The maximum absolute atomic E-state index is 11.5. The smallest absolute Gasteiger partial charge is 0.132 e. The molecule has 2 nitrogen and oxygen atoms in total. The molecule has 0 bridgehead atoms. The Balaban J connectivity index is 1.91. The minimum atomic E-state index is 0.381. The minimum Gasteiger partial charge on any atom is -0.493 e. The fraction of sp³-hybridized carbons (Fsp3) is 0.500. The molecular weight excluding hydrogens is 200 g/mol. The van der Waals surface area contributed by atoms with Crippen molar-refractivity contribution < 1.29 is 9.53 Å². The SMILES string of the molecule is CCCC(=O)CCC1COc2ccccc21. The second kappa shape index (κ2) is 5.15. The summed E-state index contributed by atoms with van der Waals surface area (Å²) in [6.45, 7) is 2.78. The van der Waals surface area contributed by atoms with Crippen molar-refractivity contribution in [2.45, 2.75) is 38.5 Å². The molecule has 1 aromatic rings. The van der Waals surface area contributed by atoms with Gasteiger partial charge in [-0.25, -0.2) is 0 Å². The van der Waals surface area contributed by atoms with E-state index in [2.05, 4.69) is 6.07 Å². The number of para-hydroxylation sites is 1. The van der Waals surface area contributed by atoms with Crippen LogP contribution in [0.25, 0.3) is 0 Å². The first-order chi connectivity index (χ1) is 7.81. The number of Topliss-reactive ketones (excluding diaryl/α,β-unsaturated/α-hetero) is 1. The predicted octanol–water partition coefficient (Wildman–Crippen LogP) is 3.31. The second-order valence-electron chi connectivity index (χ2n) is 4.37. The van der Waals surface area contributed by atoms with Crippen LogP contribution in [0.2, 0.25) is 0 Å². The summed E-state index contributed by atoms with van der Waals surface area (Å²) in [6.07, 6.45) is 3.29. The zero-order valence-electron chi connectivity index (χ0n) is 9.74. The average Bonchev–Trinajstić information content (AvgIpc) is 2.70. The zero-order chi connectivity index (χ0) is 11.4. The molecule has 0 aromatic heterocycles. The molecule has 0 radical (unpaired) electrons. The van der Waals surface area contributed by atoms with Gasteiger partial charge in [-0.1, -0.05) is 25.1 Å². The molecule has 0 saturated carbocycles. The highest BCUT2D eigenvalue weighted by molar-refractivity contribution is 5.78. The summed E-state index contributed by atoms with van der Waals surface area (Å²) in [6, 6.07) is 8.14. The molecule has 1 atom stereocenters. The van der Waals surface area contributed by atoms with Gasteiger partial charge in [0.05, 0.1) is 6.61 Å². The van der Waals surface area contributed by atoms with Gasteiger partial charge in [-0.3, -0.25) is 4.79 Å². The number of carbonyl (C=O) groups excluding carboxylic acids is 1. The third-order valence-electron chi connectivity index (χ3n) is 3.10. The highest BCUT2D eigenvalue weighted by Crippen LogP contribution is 2.36. The number of rotatable bonds is 5. The lowest BCUT2D eigenvalue weighted by atomic mass is 9.94. The molecule has 0 fully saturated rings. The highest BCUT2D eigenvalue weighted by atomic mass is 16.5. The summed E-state index contributed by atoms with van der Waals surface area (Å²) < 4.78 is 5.59. The quantitative estimate of drug-likeness (QED) is 0.758. The van der Waals surface area contributed by atoms with E-state index in [9.17, 15) is 4.79 Å². The van der Waals surface area contributed by atoms with Gasteiger partial charge in [0.15, 0.2) is 0 Å². The lowest BCUT2D eigenvalue weighted by Gasteiger charge is -2.07. The summed E-state index contributed by atoms with van der Waals surface area (Å²) in [5.41, 5.74) is 1.27. The maximum Gasteiger partial charge on any atom is 0.132 e. The minimum absolute atomic E-state index is 0.381. The molecule has 16 heavy (non-hydrogen) atoms. The Kier molecular flexibility index (Phi) is 3.60. The molecule has 0 amide bonds. The van der Waals surface area contributed by atoms with Crippen LogP contribution in [0.15, 0.2) is 24.3 Å². The molecule has 1 aliphatic heterocycles. The molecule has 0 spiro atoms. The molecule has 86 valence electrons. The van der Waals surface area contributed by atoms with E-state index in [1.165, 1.54) is 5.56 Å². The predicted molar refractivity (Wildman–Crippen MR) is 63.8 cm³/mol. The first kappa shape index (κ1) is 11.2. The lowest BCUT2D eigenvalue weighted by molar-refractivity contribution is -0.119. The van der Waals surface area contributed by atoms with Crippen molar-refractivity contribution in [3.63, 3.8) is 0 Å². The average molecular weight is 218 g/mol. The van der Waals surface area contributed by atoms with Crippen molar-refractivity contribution in [3.8, 4) is 5.75 Å². The van der Waals surface area contributed by atoms with Crippen LogP contribution in [0, 0.1) is 0 Å². The van der Waals surface area contributed by atoms with Crippen LogP contribution in [-0.4, -0.2) is 12.4 Å². The molecule has 0 N–H and O–H groups in total. The Labute approximate surface area is 96.6 Å². The van der Waals surface area contributed by atoms with Gasteiger partial charge in [-0.2, -0.15) is 0 Å². The summed E-state index contributed by atoms with van der Waals surface area (Å²) >= 11 is 0. The first-order valence-corrected chi connectivity index (χ1v) is 6.04. The van der Waals surface area contributed by atoms with Crippen molar-refractivity contribution in [2.75, 3.05) is 6.61 Å². The number of benzene rings is 1. The number of carbonyl (C=O) groups is 1. The van der Waals surface area contributed by atoms with Crippen LogP contribution in [-0.2, 0) is 4.79 Å². The van der Waals surface area contributed by atoms with Gasteiger partial charge >= 0.3 is 0 Å². The van der Waals surface area contributed by atoms with Crippen LogP contribution < -0.4 is 4.74 Å². The van der Waals surface area contributed by atoms with Crippen LogP contribution in [0.1, 0.15) is 44.1 Å². The summed E-state index contributed by atoms with van der Waals surface area (Å²) in [5, 5.41) is 0. The Morgan fingerprint density at radius 2 is 2.19 bits per heavy atom. The topological polar surface area (TPSA) is 26.3 Å². The van der Waals surface area contributed by atoms with E-state index in [4.69, 9.17) is 4.74 Å². The van der Waals surface area contributed by atoms with E-state index >= 15 is 0 Å². The molecular formula is C14H18O2. The second-order valence-corrected chi connectivity index (χ2v) is 4.37. The van der Waals surface area contributed by atoms with Crippen molar-refractivity contribution in [2.24, 2.45) is 0 Å². The Morgan fingerprint density at radius 1 is 1.38 bits per heavy atom. The summed E-state index contributed by atoms with van der Waals surface area (Å²) in [5.74, 6) is 1.79. The van der Waals surface area contributed by atoms with Crippen LogP contribution in [0.5, 0.6) is 5.75 Å². The molecule has 1 aromatic carbocycles. The van der Waals surface area contributed by atoms with E-state index in [0.29, 0.717) is 18.1 Å². The molecule has 2 rings (SSSR count). The van der Waals surface area contributed by atoms with Crippen molar-refractivity contribution in [3.05, 3.63) is 29.8 Å². The fourth-order valence-electron chi connectivity index (χ4n) is 2.21. The van der Waals surface area contributed by atoms with Crippen molar-refractivity contribution >= 4 is 5.78 Å². The molecule has 2 heteroatoms. The van der Waals surface area contributed by atoms with Gasteiger partial charge in [-0.05, 0) is 18.9 Å². The Bertz CT molecular complexity index is 371. The Hall–Kier alpha value is -1.31. The van der Waals surface area contributed by atoms with Crippen LogP contribution in [0.3, 0.4) is 0 Å². The van der Waals surface area contributed by atoms with Crippen LogP contribution in [0.4, 0.5) is 0 Å². The van der Waals surface area contributed by atoms with E-state index < -0.39 is 0 Å². The summed E-state index contributed by atoms with van der Waals surface area (Å²) in [4.78, 5) is 11.5. The normalized spacial score (nSPS) is 17.9. The van der Waals surface area contributed by atoms with E-state index in [1.807, 2.05) is 25.1 Å². The van der Waals surface area contributed by atoms with Gasteiger partial charge in [0, 0.05) is 24.3 Å². The van der Waals surface area contributed by atoms with Gasteiger partial charge in [0.2, 0.25) is 0 Å². The van der Waals surface area contributed by atoms with Gasteiger partial charge in [0.25, 0.3) is 0 Å². The van der Waals surface area contributed by atoms with Gasteiger partial charge in [0.1, 0.15) is 11.5 Å². The number of ketones is 1. The number of ether oxygens (including phenoxy) is 1. The van der Waals surface area contributed by atoms with Crippen molar-refractivity contribution in [1.82, 2.24) is 0 Å². The monoisotopic (exact) mass is 218 g/mol. The van der Waals surface area contributed by atoms with E-state index in [0.717, 1.165) is 31.6 Å². The molecule has 1 aliphatic rings. The summed E-state index contributed by atoms with van der Waals surface area (Å²) in [7, 11) is 0. The number of hydrogen-bond acceptors (Lipinski definition) is 2. The third-order valence-corrected chi connectivity index (χ3v) is 3.10. The standard InChI is InChI=1S/C14H18O2/c1-2-5-12(15)9-8-11-10-16-14-7-4-3-6-13(11)14/h3-4,6-7,11H,2,5,8-10H2,1H3.